The number of rotatable bonds is 4. The Kier molecular flexibility index (Phi) is 4.56. The molecule has 4 heterocycles. The quantitative estimate of drug-likeness (QED) is 0.653. The molecule has 1 aromatic heterocycles. The Bertz CT molecular complexity index is 994. The summed E-state index contributed by atoms with van der Waals surface area (Å²) in [5.41, 5.74) is 3.76. The van der Waals surface area contributed by atoms with Crippen molar-refractivity contribution in [2.24, 2.45) is 0 Å². The van der Waals surface area contributed by atoms with Gasteiger partial charge in [-0.2, -0.15) is 0 Å². The molecule has 3 aliphatic heterocycles. The Morgan fingerprint density at radius 3 is 2.97 bits per heavy atom. The lowest BCUT2D eigenvalue weighted by Crippen LogP contribution is -2.52. The summed E-state index contributed by atoms with van der Waals surface area (Å²) in [5, 5.41) is 9.99. The van der Waals surface area contributed by atoms with E-state index >= 15 is 0 Å². The van der Waals surface area contributed by atoms with Crippen molar-refractivity contribution in [3.8, 4) is 0 Å². The van der Waals surface area contributed by atoms with E-state index in [-0.39, 0.29) is 24.1 Å². The molecule has 5 rings (SSSR count). The van der Waals surface area contributed by atoms with Crippen LogP contribution in [0.25, 0.3) is 0 Å². The summed E-state index contributed by atoms with van der Waals surface area (Å²) in [7, 11) is 0. The third kappa shape index (κ3) is 3.30. The van der Waals surface area contributed by atoms with Gasteiger partial charge in [-0.05, 0) is 23.6 Å². The fourth-order valence-electron chi connectivity index (χ4n) is 4.19. The number of fused-ring (bicyclic) bond motifs is 2. The number of imide groups is 1. The van der Waals surface area contributed by atoms with E-state index in [2.05, 4.69) is 20.9 Å². The first kappa shape index (κ1) is 18.3. The molecule has 0 radical (unpaired) electrons. The number of amides is 3. The molecule has 8 nitrogen and oxygen atoms in total. The average molecular weight is 411 g/mol. The van der Waals surface area contributed by atoms with Crippen molar-refractivity contribution < 1.29 is 14.4 Å². The fourth-order valence-corrected chi connectivity index (χ4v) is 5.16. The first-order valence-electron chi connectivity index (χ1n) is 9.79. The largest absolute Gasteiger partial charge is 0.357 e. The summed E-state index contributed by atoms with van der Waals surface area (Å²) in [6.07, 6.45) is 1.58. The van der Waals surface area contributed by atoms with Gasteiger partial charge in [0.25, 0.3) is 5.91 Å². The molecule has 3 aliphatic rings. The number of aromatic nitrogens is 1. The van der Waals surface area contributed by atoms with Gasteiger partial charge in [0.05, 0.1) is 5.69 Å². The molecule has 1 fully saturated rings. The molecule has 0 aliphatic carbocycles. The number of benzene rings is 1. The first-order valence-corrected chi connectivity index (χ1v) is 10.6. The number of carbonyl (C=O) groups is 3. The van der Waals surface area contributed by atoms with Crippen molar-refractivity contribution in [2.45, 2.75) is 44.9 Å². The summed E-state index contributed by atoms with van der Waals surface area (Å²) in [6, 6.07) is 5.09. The van der Waals surface area contributed by atoms with Crippen LogP contribution in [0.15, 0.2) is 18.2 Å². The topological polar surface area (TPSA) is 103 Å². The number of thiazole rings is 1. The van der Waals surface area contributed by atoms with Gasteiger partial charge < -0.3 is 15.5 Å². The zero-order valence-electron chi connectivity index (χ0n) is 15.8. The number of carbonyl (C=O) groups excluding carboxylic acids is 3. The highest BCUT2D eigenvalue weighted by molar-refractivity contribution is 7.15. The molecule has 0 bridgehead atoms. The Balaban J connectivity index is 1.33. The van der Waals surface area contributed by atoms with E-state index in [1.807, 2.05) is 12.1 Å². The van der Waals surface area contributed by atoms with Crippen molar-refractivity contribution in [1.82, 2.24) is 20.5 Å². The van der Waals surface area contributed by atoms with Crippen LogP contribution < -0.4 is 16.0 Å². The Hall–Kier alpha value is -2.78. The molecule has 1 aromatic carbocycles. The Morgan fingerprint density at radius 1 is 1.24 bits per heavy atom. The lowest BCUT2D eigenvalue weighted by atomic mass is 10.0. The molecule has 1 saturated heterocycles. The number of piperidine rings is 1. The highest BCUT2D eigenvalue weighted by atomic mass is 32.1. The van der Waals surface area contributed by atoms with Gasteiger partial charge in [-0.1, -0.05) is 12.1 Å². The van der Waals surface area contributed by atoms with Crippen LogP contribution in [0, 0.1) is 0 Å². The maximum Gasteiger partial charge on any atom is 0.255 e. The highest BCUT2D eigenvalue weighted by Gasteiger charge is 2.39. The lowest BCUT2D eigenvalue weighted by Gasteiger charge is -2.29. The van der Waals surface area contributed by atoms with Gasteiger partial charge in [0.1, 0.15) is 6.04 Å². The molecular weight excluding hydrogens is 390 g/mol. The minimum absolute atomic E-state index is 0.146. The van der Waals surface area contributed by atoms with Crippen LogP contribution >= 0.6 is 11.3 Å². The summed E-state index contributed by atoms with van der Waals surface area (Å²) >= 11 is 1.67. The molecule has 1 unspecified atom stereocenters. The van der Waals surface area contributed by atoms with Crippen molar-refractivity contribution in [3.63, 3.8) is 0 Å². The second-order valence-corrected chi connectivity index (χ2v) is 8.60. The van der Waals surface area contributed by atoms with Crippen LogP contribution in [0.5, 0.6) is 0 Å². The van der Waals surface area contributed by atoms with Gasteiger partial charge in [-0.15, -0.1) is 11.3 Å². The smallest absolute Gasteiger partial charge is 0.255 e. The maximum atomic E-state index is 12.9. The number of hydrogen-bond acceptors (Lipinski definition) is 7. The van der Waals surface area contributed by atoms with E-state index in [4.69, 9.17) is 0 Å². The Morgan fingerprint density at radius 2 is 2.14 bits per heavy atom. The lowest BCUT2D eigenvalue weighted by molar-refractivity contribution is -0.136. The van der Waals surface area contributed by atoms with Crippen LogP contribution in [-0.2, 0) is 35.6 Å². The van der Waals surface area contributed by atoms with Crippen molar-refractivity contribution >= 4 is 34.2 Å². The minimum atomic E-state index is -0.591. The maximum absolute atomic E-state index is 12.9. The number of nitrogens with one attached hydrogen (secondary N) is 3. The standard InChI is InChI=1S/C20H21N5O3S/c26-17-5-4-15(18(27)24-17)25-10-13-11(2-1-3-12(13)19(25)28)8-22-20-23-14-6-7-21-9-16(14)29-20/h1-3,15,21H,4-10H2,(H,22,23)(H,24,26,27). The predicted octanol–water partition coefficient (Wildman–Crippen LogP) is 1.16. The normalized spacial score (nSPS) is 21.0. The van der Waals surface area contributed by atoms with Crippen molar-refractivity contribution in [1.29, 1.82) is 0 Å². The SMILES string of the molecule is O=C1CCC(N2Cc3c(CNc4nc5c(s4)CNCC5)cccc3C2=O)C(=O)N1. The second-order valence-electron chi connectivity index (χ2n) is 7.51. The van der Waals surface area contributed by atoms with Crippen LogP contribution in [0.3, 0.4) is 0 Å². The van der Waals surface area contributed by atoms with Crippen LogP contribution in [0.2, 0.25) is 0 Å². The van der Waals surface area contributed by atoms with E-state index in [1.165, 1.54) is 4.88 Å². The first-order chi connectivity index (χ1) is 14.1. The highest BCUT2D eigenvalue weighted by Crippen LogP contribution is 2.31. The third-order valence-corrected chi connectivity index (χ3v) is 6.77. The molecule has 3 amide bonds. The van der Waals surface area contributed by atoms with Gasteiger partial charge in [0, 0.05) is 49.5 Å². The molecule has 1 atom stereocenters. The minimum Gasteiger partial charge on any atom is -0.357 e. The summed E-state index contributed by atoms with van der Waals surface area (Å²) in [4.78, 5) is 44.1. The number of anilines is 1. The molecular formula is C20H21N5O3S. The summed E-state index contributed by atoms with van der Waals surface area (Å²) in [6.45, 7) is 2.78. The molecule has 0 spiro atoms. The van der Waals surface area contributed by atoms with Gasteiger partial charge in [-0.3, -0.25) is 19.7 Å². The van der Waals surface area contributed by atoms with Gasteiger partial charge >= 0.3 is 0 Å². The average Bonchev–Trinajstić information content (AvgIpc) is 3.28. The molecule has 0 saturated carbocycles. The Labute approximate surface area is 171 Å². The number of hydrogen-bond donors (Lipinski definition) is 3. The van der Waals surface area contributed by atoms with Gasteiger partial charge in [0.15, 0.2) is 5.13 Å². The molecule has 9 heteroatoms. The van der Waals surface area contributed by atoms with Crippen molar-refractivity contribution in [3.05, 3.63) is 45.5 Å². The fraction of sp³-hybridized carbons (Fsp3) is 0.400. The van der Waals surface area contributed by atoms with E-state index in [9.17, 15) is 14.4 Å². The monoisotopic (exact) mass is 411 g/mol. The zero-order valence-corrected chi connectivity index (χ0v) is 16.6. The van der Waals surface area contributed by atoms with Crippen LogP contribution in [-0.4, -0.2) is 40.2 Å². The van der Waals surface area contributed by atoms with Gasteiger partial charge in [-0.25, -0.2) is 4.98 Å². The summed E-state index contributed by atoms with van der Waals surface area (Å²) in [5.74, 6) is -0.808. The third-order valence-electron chi connectivity index (χ3n) is 5.71. The van der Waals surface area contributed by atoms with Crippen molar-refractivity contribution in [2.75, 3.05) is 11.9 Å². The molecule has 150 valence electrons. The zero-order chi connectivity index (χ0) is 20.0. The van der Waals surface area contributed by atoms with Crippen LogP contribution in [0.1, 0.15) is 44.9 Å². The summed E-state index contributed by atoms with van der Waals surface area (Å²) < 4.78 is 0. The van der Waals surface area contributed by atoms with E-state index < -0.39 is 6.04 Å². The second kappa shape index (κ2) is 7.23. The van der Waals surface area contributed by atoms with Gasteiger partial charge in [0.2, 0.25) is 11.8 Å². The van der Waals surface area contributed by atoms with E-state index in [0.29, 0.717) is 25.1 Å². The molecule has 3 N–H and O–H groups in total. The van der Waals surface area contributed by atoms with E-state index in [1.54, 1.807) is 22.3 Å². The van der Waals surface area contributed by atoms with E-state index in [0.717, 1.165) is 41.5 Å². The number of nitrogens with zero attached hydrogens (tertiary/aromatic N) is 2. The predicted molar refractivity (Wildman–Crippen MR) is 107 cm³/mol. The molecule has 29 heavy (non-hydrogen) atoms. The van der Waals surface area contributed by atoms with Crippen LogP contribution in [0.4, 0.5) is 5.13 Å². The molecule has 2 aromatic rings.